The second-order valence-electron chi connectivity index (χ2n) is 16.4. The molecule has 4 aromatic carbocycles. The summed E-state index contributed by atoms with van der Waals surface area (Å²) < 4.78 is 196. The molecule has 0 radical (unpaired) electrons. The van der Waals surface area contributed by atoms with Gasteiger partial charge in [-0.05, 0) is 59.4 Å². The summed E-state index contributed by atoms with van der Waals surface area (Å²) in [7, 11) is 0. The zero-order valence-corrected chi connectivity index (χ0v) is 35.1. The molecule has 0 saturated heterocycles. The molecule has 4 aromatic heterocycles. The fourth-order valence-electron chi connectivity index (χ4n) is 9.84. The van der Waals surface area contributed by atoms with Crippen LogP contribution in [-0.4, -0.2) is 19.1 Å². The van der Waals surface area contributed by atoms with E-state index in [9.17, 15) is 0 Å². The smallest absolute Gasteiger partial charge is 0.354 e. The van der Waals surface area contributed by atoms with Crippen LogP contribution in [0.25, 0.3) is 22.3 Å². The second kappa shape index (κ2) is 16.2. The van der Waals surface area contributed by atoms with Crippen molar-refractivity contribution in [3.63, 3.8) is 0 Å². The highest BCUT2D eigenvalue weighted by Gasteiger charge is 2.53. The molecule has 0 spiro atoms. The minimum absolute atomic E-state index is 0.00852. The third-order valence-electron chi connectivity index (χ3n) is 12.3. The predicted molar refractivity (Wildman–Crippen MR) is 230 cm³/mol. The Labute approximate surface area is 378 Å². The summed E-state index contributed by atoms with van der Waals surface area (Å²) >= 11 is 0. The molecule has 0 amide bonds. The van der Waals surface area contributed by atoms with Gasteiger partial charge in [-0.3, -0.25) is 0 Å². The van der Waals surface area contributed by atoms with E-state index in [0.717, 1.165) is 9.13 Å². The van der Waals surface area contributed by atoms with Gasteiger partial charge in [-0.15, -0.1) is 0 Å². The van der Waals surface area contributed by atoms with Crippen LogP contribution in [0.4, 0.5) is 52.7 Å². The van der Waals surface area contributed by atoms with Crippen molar-refractivity contribution < 1.29 is 52.7 Å². The molecular formula is C52H34F12N4. The Balaban J connectivity index is 1.61. The molecule has 0 fully saturated rings. The van der Waals surface area contributed by atoms with Crippen LogP contribution in [0.1, 0.15) is 80.1 Å². The van der Waals surface area contributed by atoms with Gasteiger partial charge in [0.2, 0.25) is 0 Å². The average Bonchev–Trinajstić information content (AvgIpc) is 4.10. The van der Waals surface area contributed by atoms with Crippen LogP contribution in [0, 0.1) is 0 Å². The summed E-state index contributed by atoms with van der Waals surface area (Å²) in [6.45, 7) is -1.18. The molecular weight excluding hydrogens is 909 g/mol. The van der Waals surface area contributed by atoms with Crippen LogP contribution in [0.15, 0.2) is 146 Å². The molecule has 2 aliphatic rings. The number of benzene rings is 4. The number of alkyl halides is 12. The monoisotopic (exact) mass is 942 g/mol. The highest BCUT2D eigenvalue weighted by atomic mass is 19.4. The van der Waals surface area contributed by atoms with Gasteiger partial charge in [0.1, 0.15) is 0 Å². The fraction of sp³-hybridized carbons (Fsp3) is 0.154. The van der Waals surface area contributed by atoms with Gasteiger partial charge in [-0.1, -0.05) is 121 Å². The lowest BCUT2D eigenvalue weighted by atomic mass is 9.94. The number of H-pyrrole nitrogens is 2. The molecule has 10 rings (SSSR count). The lowest BCUT2D eigenvalue weighted by molar-refractivity contribution is -0.161. The average molecular weight is 943 g/mol. The molecule has 8 aromatic rings. The molecule has 16 heteroatoms. The number of aromatic amines is 2. The first-order valence-electron chi connectivity index (χ1n) is 21.3. The van der Waals surface area contributed by atoms with Crippen LogP contribution < -0.4 is 21.4 Å². The van der Waals surface area contributed by atoms with Gasteiger partial charge in [0.15, 0.2) is 0 Å². The third-order valence-corrected chi connectivity index (χ3v) is 12.3. The fourth-order valence-corrected chi connectivity index (χ4v) is 9.84. The highest BCUT2D eigenvalue weighted by Crippen LogP contribution is 2.52. The molecule has 4 nitrogen and oxygen atoms in total. The summed E-state index contributed by atoms with van der Waals surface area (Å²) in [5.41, 5.74) is -13.0. The number of rotatable bonds is 4. The van der Waals surface area contributed by atoms with Crippen LogP contribution in [0.2, 0.25) is 0 Å². The van der Waals surface area contributed by atoms with Crippen LogP contribution in [0.3, 0.4) is 0 Å². The molecule has 0 unspecified atom stereocenters. The molecule has 2 aliphatic heterocycles. The summed E-state index contributed by atoms with van der Waals surface area (Å²) in [5.74, 6) is 0. The zero-order chi connectivity index (χ0) is 47.9. The lowest BCUT2D eigenvalue weighted by Crippen LogP contribution is -2.23. The van der Waals surface area contributed by atoms with E-state index in [-0.39, 0.29) is 78.8 Å². The Morgan fingerprint density at radius 2 is 0.500 bits per heavy atom. The van der Waals surface area contributed by atoms with E-state index in [0.29, 0.717) is 0 Å². The summed E-state index contributed by atoms with van der Waals surface area (Å²) in [4.78, 5) is 5.91. The van der Waals surface area contributed by atoms with Gasteiger partial charge in [0.25, 0.3) is 0 Å². The van der Waals surface area contributed by atoms with Crippen molar-refractivity contribution in [1.29, 1.82) is 0 Å². The first-order chi connectivity index (χ1) is 32.3. The standard InChI is InChI=1S/C52H34F12N4/c53-49(54,55)41-42(50(56,57)58)46-39(31-19-9-3-10-20-31)35-25-26-36(66-35)40(32-21-11-4-12-22-32)48-44(52(62,63)64)43(51(59,60)61)47-38(30-17-7-2-8-18-30)34-24-23-33(65-34)37(29-15-5-1-6-16-29)45(41)67(46)27-13-14-28-68(47)48/h1-12,15-26,65-66H,13-14,27-28H2/b37-33-,38-34-,39-35-,40-36-,45-37?,46-39?,47-38?,48-40?. The molecule has 0 atom stereocenters. The van der Waals surface area contributed by atoms with Gasteiger partial charge >= 0.3 is 24.7 Å². The Bertz CT molecular complexity index is 3020. The van der Waals surface area contributed by atoms with Gasteiger partial charge in [0.05, 0.1) is 45.0 Å². The van der Waals surface area contributed by atoms with E-state index in [1.54, 1.807) is 24.3 Å². The van der Waals surface area contributed by atoms with Gasteiger partial charge in [-0.25, -0.2) is 0 Å². The van der Waals surface area contributed by atoms with Gasteiger partial charge in [0, 0.05) is 56.8 Å². The van der Waals surface area contributed by atoms with Crippen LogP contribution in [-0.2, 0) is 37.8 Å². The first kappa shape index (κ1) is 44.5. The van der Waals surface area contributed by atoms with Crippen molar-refractivity contribution in [2.24, 2.45) is 0 Å². The Morgan fingerprint density at radius 3 is 0.691 bits per heavy atom. The predicted octanol–water partition coefficient (Wildman–Crippen LogP) is 11.1. The number of halogens is 12. The number of hydrogen-bond donors (Lipinski definition) is 2. The van der Waals surface area contributed by atoms with Crippen molar-refractivity contribution in [3.05, 3.63) is 234 Å². The number of aromatic nitrogens is 4. The lowest BCUT2D eigenvalue weighted by Gasteiger charge is -2.20. The number of nitrogens with one attached hydrogen (secondary N) is 2. The Hall–Kier alpha value is -7.36. The molecule has 0 saturated carbocycles. The Kier molecular flexibility index (Phi) is 10.6. The maximum Gasteiger partial charge on any atom is 0.419 e. The molecule has 6 bridgehead atoms. The quantitative estimate of drug-likeness (QED) is 0.165. The van der Waals surface area contributed by atoms with E-state index < -0.39 is 82.8 Å². The largest absolute Gasteiger partial charge is 0.419 e. The van der Waals surface area contributed by atoms with Crippen molar-refractivity contribution in [1.82, 2.24) is 19.1 Å². The summed E-state index contributed by atoms with van der Waals surface area (Å²) in [6.07, 6.45) is -23.3. The first-order valence-corrected chi connectivity index (χ1v) is 21.3. The van der Waals surface area contributed by atoms with E-state index >= 15 is 52.7 Å². The minimum atomic E-state index is -5.67. The zero-order valence-electron chi connectivity index (χ0n) is 35.1. The Morgan fingerprint density at radius 1 is 0.294 bits per heavy atom. The van der Waals surface area contributed by atoms with E-state index in [2.05, 4.69) is 9.97 Å². The molecule has 6 heterocycles. The van der Waals surface area contributed by atoms with Crippen LogP contribution in [0.5, 0.6) is 0 Å². The summed E-state index contributed by atoms with van der Waals surface area (Å²) in [6, 6.07) is 34.0. The highest BCUT2D eigenvalue weighted by molar-refractivity contribution is 5.89. The topological polar surface area (TPSA) is 41.4 Å². The minimum Gasteiger partial charge on any atom is -0.354 e. The van der Waals surface area contributed by atoms with E-state index in [1.165, 1.54) is 121 Å². The maximum absolute atomic E-state index is 16.2. The summed E-state index contributed by atoms with van der Waals surface area (Å²) in [5, 5.41) is -1.01. The van der Waals surface area contributed by atoms with Crippen molar-refractivity contribution in [3.8, 4) is 0 Å². The third kappa shape index (κ3) is 7.46. The second-order valence-corrected chi connectivity index (χ2v) is 16.4. The van der Waals surface area contributed by atoms with Gasteiger partial charge in [-0.2, -0.15) is 52.7 Å². The molecule has 2 N–H and O–H groups in total. The number of fused-ring (bicyclic) bond motifs is 7. The van der Waals surface area contributed by atoms with E-state index in [4.69, 9.17) is 0 Å². The van der Waals surface area contributed by atoms with Crippen molar-refractivity contribution in [2.45, 2.75) is 50.6 Å². The molecule has 0 aliphatic carbocycles. The maximum atomic E-state index is 16.2. The normalized spacial score (nSPS) is 17.9. The van der Waals surface area contributed by atoms with Crippen molar-refractivity contribution in [2.75, 3.05) is 0 Å². The van der Waals surface area contributed by atoms with Crippen molar-refractivity contribution >= 4 is 22.3 Å². The SMILES string of the molecule is FC(F)(F)c1c(C(F)(F)F)c2n3c1/C(c1ccccc1)=c1/cc/c([nH]1)=C(\c1ccccc1)c1c(C(F)(F)F)c(C(F)(F)F)c(n1CCCC3)/C(c1ccccc1)=c1/cc/c([nH]1)=C/2c1ccccc1. The van der Waals surface area contributed by atoms with E-state index in [1.807, 2.05) is 0 Å². The van der Waals surface area contributed by atoms with Crippen LogP contribution >= 0.6 is 0 Å². The number of nitrogens with zero attached hydrogens (tertiary/aromatic N) is 2. The molecule has 346 valence electrons. The van der Waals surface area contributed by atoms with Gasteiger partial charge < -0.3 is 19.1 Å². The molecule has 68 heavy (non-hydrogen) atoms. The number of hydrogen-bond acceptors (Lipinski definition) is 0.